The molecule has 2 atom stereocenters. The summed E-state index contributed by atoms with van der Waals surface area (Å²) in [6, 6.07) is 9.92. The third-order valence-corrected chi connectivity index (χ3v) is 9.57. The predicted molar refractivity (Wildman–Crippen MR) is 142 cm³/mol. The number of sulfonamides is 1. The van der Waals surface area contributed by atoms with Crippen LogP contribution in [0.15, 0.2) is 45.8 Å². The molecule has 3 aliphatic rings. The highest BCUT2D eigenvalue weighted by atomic mass is 79.9. The van der Waals surface area contributed by atoms with E-state index in [0.29, 0.717) is 19.4 Å². The van der Waals surface area contributed by atoms with Gasteiger partial charge >= 0.3 is 0 Å². The second kappa shape index (κ2) is 10.8. The molecule has 3 saturated heterocycles. The Balaban J connectivity index is 1.23. The zero-order valence-corrected chi connectivity index (χ0v) is 22.8. The Hall–Kier alpha value is -2.01. The number of halogens is 1. The van der Waals surface area contributed by atoms with Crippen LogP contribution in [0.4, 0.5) is 0 Å². The van der Waals surface area contributed by atoms with Gasteiger partial charge in [0.1, 0.15) is 6.04 Å². The third kappa shape index (κ3) is 5.61. The smallest absolute Gasteiger partial charge is 0.242 e. The first-order valence-corrected chi connectivity index (χ1v) is 15.1. The lowest BCUT2D eigenvalue weighted by molar-refractivity contribution is -0.143. The molecule has 0 bridgehead atoms. The van der Waals surface area contributed by atoms with Crippen molar-refractivity contribution in [2.75, 3.05) is 39.3 Å². The van der Waals surface area contributed by atoms with E-state index in [1.54, 1.807) is 18.2 Å². The van der Waals surface area contributed by atoms with Crippen molar-refractivity contribution < 1.29 is 18.0 Å². The molecule has 0 aromatic heterocycles. The van der Waals surface area contributed by atoms with Crippen LogP contribution in [0.1, 0.15) is 38.5 Å². The van der Waals surface area contributed by atoms with Crippen LogP contribution in [0.2, 0.25) is 0 Å². The van der Waals surface area contributed by atoms with E-state index in [1.165, 1.54) is 17.7 Å². The van der Waals surface area contributed by atoms with E-state index in [-0.39, 0.29) is 29.3 Å². The maximum absolute atomic E-state index is 13.2. The third-order valence-electron chi connectivity index (χ3n) is 7.60. The number of likely N-dealkylation sites (tertiary alicyclic amines) is 3. The van der Waals surface area contributed by atoms with E-state index in [9.17, 15) is 18.0 Å². The molecule has 0 radical (unpaired) electrons. The van der Waals surface area contributed by atoms with Crippen LogP contribution >= 0.6 is 15.9 Å². The van der Waals surface area contributed by atoms with Crippen LogP contribution in [-0.4, -0.2) is 86.3 Å². The predicted octanol–water partition coefficient (Wildman–Crippen LogP) is 2.96. The van der Waals surface area contributed by atoms with Crippen molar-refractivity contribution in [3.8, 4) is 0 Å². The van der Waals surface area contributed by atoms with E-state index in [0.717, 1.165) is 54.3 Å². The molecule has 8 nitrogen and oxygen atoms in total. The van der Waals surface area contributed by atoms with Crippen LogP contribution in [0.5, 0.6) is 0 Å². The van der Waals surface area contributed by atoms with Crippen molar-refractivity contribution in [2.45, 2.75) is 55.5 Å². The Kier molecular flexibility index (Phi) is 7.67. The van der Waals surface area contributed by atoms with Crippen molar-refractivity contribution in [3.63, 3.8) is 0 Å². The number of rotatable bonds is 7. The van der Waals surface area contributed by atoms with Crippen LogP contribution in [0.3, 0.4) is 0 Å². The van der Waals surface area contributed by atoms with E-state index >= 15 is 0 Å². The van der Waals surface area contributed by atoms with Crippen molar-refractivity contribution in [1.29, 1.82) is 0 Å². The summed E-state index contributed by atoms with van der Waals surface area (Å²) < 4.78 is 29.8. The minimum absolute atomic E-state index is 0.0123. The highest BCUT2D eigenvalue weighted by Gasteiger charge is 2.36. The first-order chi connectivity index (χ1) is 17.3. The minimum Gasteiger partial charge on any atom is -0.337 e. The van der Waals surface area contributed by atoms with Crippen molar-refractivity contribution in [1.82, 2.24) is 19.4 Å². The summed E-state index contributed by atoms with van der Waals surface area (Å²) in [5.74, 6) is -0.354. The number of nitrogens with one attached hydrogen (secondary N) is 1. The van der Waals surface area contributed by atoms with E-state index in [2.05, 4.69) is 25.6 Å². The lowest BCUT2D eigenvalue weighted by Gasteiger charge is -2.34. The van der Waals surface area contributed by atoms with E-state index in [4.69, 9.17) is 0 Å². The zero-order valence-electron chi connectivity index (χ0n) is 20.4. The quantitative estimate of drug-likeness (QED) is 0.547. The number of fused-ring (bicyclic) bond motifs is 1. The largest absolute Gasteiger partial charge is 0.337 e. The lowest BCUT2D eigenvalue weighted by atomic mass is 10.1. The molecule has 10 heteroatoms. The van der Waals surface area contributed by atoms with Gasteiger partial charge in [0.2, 0.25) is 21.8 Å². The van der Waals surface area contributed by atoms with Crippen molar-refractivity contribution in [3.05, 3.63) is 40.9 Å². The maximum Gasteiger partial charge on any atom is 0.242 e. The van der Waals surface area contributed by atoms with Gasteiger partial charge in [0.25, 0.3) is 0 Å². The van der Waals surface area contributed by atoms with Gasteiger partial charge in [-0.2, -0.15) is 4.72 Å². The second-order valence-corrected chi connectivity index (χ2v) is 12.7. The summed E-state index contributed by atoms with van der Waals surface area (Å²) >= 11 is 3.43. The molecular weight excluding hydrogens is 544 g/mol. The molecule has 0 aliphatic carbocycles. The van der Waals surface area contributed by atoms with Crippen LogP contribution in [-0.2, 0) is 19.6 Å². The van der Waals surface area contributed by atoms with Gasteiger partial charge in [-0.25, -0.2) is 8.42 Å². The topological polar surface area (TPSA) is 90.0 Å². The van der Waals surface area contributed by atoms with Gasteiger partial charge in [-0.1, -0.05) is 28.1 Å². The molecule has 3 heterocycles. The molecule has 5 rings (SSSR count). The minimum atomic E-state index is -3.89. The number of benzene rings is 2. The fourth-order valence-corrected chi connectivity index (χ4v) is 7.33. The van der Waals surface area contributed by atoms with Crippen molar-refractivity contribution in [2.24, 2.45) is 0 Å². The number of carbonyl (C=O) groups excluding carboxylic acids is 2. The molecule has 0 saturated carbocycles. The molecule has 0 spiro atoms. The van der Waals surface area contributed by atoms with E-state index in [1.807, 2.05) is 23.1 Å². The van der Waals surface area contributed by atoms with E-state index < -0.39 is 16.1 Å². The van der Waals surface area contributed by atoms with Gasteiger partial charge in [-0.15, -0.1) is 0 Å². The molecule has 3 aliphatic heterocycles. The van der Waals surface area contributed by atoms with Gasteiger partial charge in [0, 0.05) is 30.1 Å². The summed E-state index contributed by atoms with van der Waals surface area (Å²) in [6.07, 6.45) is 5.50. The summed E-state index contributed by atoms with van der Waals surface area (Å²) in [4.78, 5) is 32.4. The Morgan fingerprint density at radius 3 is 2.47 bits per heavy atom. The number of piperidine rings is 1. The van der Waals surface area contributed by atoms with Crippen LogP contribution in [0.25, 0.3) is 10.8 Å². The number of amides is 2. The Bertz CT molecular complexity index is 1250. The summed E-state index contributed by atoms with van der Waals surface area (Å²) in [5, 5.41) is 1.73. The SMILES string of the molecule is O=C1[C@@H](NS(=O)(=O)c2ccc3cc(Br)ccc3c2)CCCN1CC(=O)N1CCC[C@H]1CN1CCCC1. The fraction of sp³-hybridized carbons (Fsp3) is 0.538. The number of nitrogens with zero attached hydrogens (tertiary/aromatic N) is 3. The van der Waals surface area contributed by atoms with Gasteiger partial charge < -0.3 is 14.7 Å². The highest BCUT2D eigenvalue weighted by molar-refractivity contribution is 9.10. The standard InChI is InChI=1S/C26H33BrN4O4S/c27-21-9-7-20-16-23(10-8-19(20)15-21)36(34,35)28-24-6-4-13-30(26(24)33)18-25(32)31-14-3-5-22(31)17-29-11-1-2-12-29/h7-10,15-16,22,24,28H,1-6,11-14,17-18H2/t22-,24-/m0/s1. The Morgan fingerprint density at radius 1 is 0.944 bits per heavy atom. The molecule has 0 unspecified atom stereocenters. The lowest BCUT2D eigenvalue weighted by Crippen LogP contribution is -2.55. The highest BCUT2D eigenvalue weighted by Crippen LogP contribution is 2.25. The number of carbonyl (C=O) groups is 2. The average molecular weight is 578 g/mol. The molecule has 194 valence electrons. The van der Waals surface area contributed by atoms with Crippen LogP contribution < -0.4 is 4.72 Å². The van der Waals surface area contributed by atoms with Crippen molar-refractivity contribution >= 4 is 48.5 Å². The monoisotopic (exact) mass is 576 g/mol. The van der Waals surface area contributed by atoms with Gasteiger partial charge in [-0.05, 0) is 86.7 Å². The first-order valence-electron chi connectivity index (χ1n) is 12.8. The fourth-order valence-electron chi connectivity index (χ4n) is 5.69. The van der Waals surface area contributed by atoms with Gasteiger partial charge in [-0.3, -0.25) is 9.59 Å². The Morgan fingerprint density at radius 2 is 1.67 bits per heavy atom. The van der Waals surface area contributed by atoms with Gasteiger partial charge in [0.05, 0.1) is 11.4 Å². The molecular formula is C26H33BrN4O4S. The molecule has 36 heavy (non-hydrogen) atoms. The second-order valence-electron chi connectivity index (χ2n) is 10.1. The number of hydrogen-bond acceptors (Lipinski definition) is 5. The van der Waals surface area contributed by atoms with Crippen LogP contribution in [0, 0.1) is 0 Å². The zero-order chi connectivity index (χ0) is 25.3. The van der Waals surface area contributed by atoms with Gasteiger partial charge in [0.15, 0.2) is 0 Å². The number of hydrogen-bond donors (Lipinski definition) is 1. The average Bonchev–Trinajstić information content (AvgIpc) is 3.54. The summed E-state index contributed by atoms with van der Waals surface area (Å²) in [6.45, 7) is 4.31. The molecule has 1 N–H and O–H groups in total. The molecule has 2 aromatic rings. The summed E-state index contributed by atoms with van der Waals surface area (Å²) in [7, 11) is -3.89. The molecule has 3 fully saturated rings. The Labute approximate surface area is 221 Å². The molecule has 2 amide bonds. The maximum atomic E-state index is 13.2. The first kappa shape index (κ1) is 25.6. The summed E-state index contributed by atoms with van der Waals surface area (Å²) in [5.41, 5.74) is 0. The molecule has 2 aromatic carbocycles. The normalized spacial score (nSPS) is 23.6.